The van der Waals surface area contributed by atoms with Crippen LogP contribution in [0.25, 0.3) is 10.9 Å². The van der Waals surface area contributed by atoms with Crippen LogP contribution in [0.5, 0.6) is 0 Å². The SMILES string of the molecule is O=C(O)CCCNCc1cccc2cc[nH]c12. The standard InChI is InChI=1S/C13H16N2O2/c16-12(17)5-2-7-14-9-11-4-1-3-10-6-8-15-13(10)11/h1,3-4,6,8,14-15H,2,5,7,9H2,(H,16,17). The summed E-state index contributed by atoms with van der Waals surface area (Å²) in [6, 6.07) is 8.22. The average Bonchev–Trinajstić information content (AvgIpc) is 2.77. The summed E-state index contributed by atoms with van der Waals surface area (Å²) in [6.07, 6.45) is 2.81. The van der Waals surface area contributed by atoms with Crippen LogP contribution in [-0.4, -0.2) is 22.6 Å². The molecule has 0 amide bonds. The van der Waals surface area contributed by atoms with Crippen molar-refractivity contribution in [3.8, 4) is 0 Å². The minimum absolute atomic E-state index is 0.222. The molecule has 17 heavy (non-hydrogen) atoms. The summed E-state index contributed by atoms with van der Waals surface area (Å²) in [5, 5.41) is 13.0. The van der Waals surface area contributed by atoms with E-state index in [0.717, 1.165) is 18.6 Å². The molecule has 0 saturated carbocycles. The highest BCUT2D eigenvalue weighted by Crippen LogP contribution is 2.16. The molecule has 0 aliphatic heterocycles. The van der Waals surface area contributed by atoms with Gasteiger partial charge in [0, 0.05) is 24.7 Å². The van der Waals surface area contributed by atoms with E-state index in [1.54, 1.807) is 0 Å². The van der Waals surface area contributed by atoms with Crippen LogP contribution in [0, 0.1) is 0 Å². The number of hydrogen-bond acceptors (Lipinski definition) is 2. The van der Waals surface area contributed by atoms with Gasteiger partial charge in [0.05, 0.1) is 0 Å². The lowest BCUT2D eigenvalue weighted by Gasteiger charge is -2.05. The summed E-state index contributed by atoms with van der Waals surface area (Å²) in [6.45, 7) is 1.49. The normalized spacial score (nSPS) is 10.8. The third-order valence-corrected chi connectivity index (χ3v) is 2.73. The van der Waals surface area contributed by atoms with Gasteiger partial charge in [0.2, 0.25) is 0 Å². The van der Waals surface area contributed by atoms with Gasteiger partial charge in [-0.2, -0.15) is 0 Å². The van der Waals surface area contributed by atoms with Crippen molar-refractivity contribution < 1.29 is 9.90 Å². The fourth-order valence-corrected chi connectivity index (χ4v) is 1.88. The summed E-state index contributed by atoms with van der Waals surface area (Å²) in [5.41, 5.74) is 2.36. The Morgan fingerprint density at radius 3 is 3.06 bits per heavy atom. The van der Waals surface area contributed by atoms with Crippen LogP contribution < -0.4 is 5.32 Å². The second-order valence-corrected chi connectivity index (χ2v) is 4.03. The lowest BCUT2D eigenvalue weighted by Crippen LogP contribution is -2.15. The van der Waals surface area contributed by atoms with Crippen molar-refractivity contribution in [2.75, 3.05) is 6.54 Å². The Bertz CT molecular complexity index is 505. The van der Waals surface area contributed by atoms with E-state index < -0.39 is 5.97 Å². The largest absolute Gasteiger partial charge is 0.481 e. The fourth-order valence-electron chi connectivity index (χ4n) is 1.88. The third kappa shape index (κ3) is 3.07. The van der Waals surface area contributed by atoms with Gasteiger partial charge in [-0.3, -0.25) is 4.79 Å². The van der Waals surface area contributed by atoms with Crippen LogP contribution in [0.1, 0.15) is 18.4 Å². The number of benzene rings is 1. The molecular formula is C13H16N2O2. The lowest BCUT2D eigenvalue weighted by molar-refractivity contribution is -0.137. The maximum atomic E-state index is 10.3. The summed E-state index contributed by atoms with van der Waals surface area (Å²) < 4.78 is 0. The second kappa shape index (κ2) is 5.50. The Morgan fingerprint density at radius 1 is 1.35 bits per heavy atom. The number of aromatic nitrogens is 1. The van der Waals surface area contributed by atoms with Crippen LogP contribution in [0.4, 0.5) is 0 Å². The molecule has 4 heteroatoms. The number of carboxylic acids is 1. The van der Waals surface area contributed by atoms with E-state index in [2.05, 4.69) is 22.4 Å². The first kappa shape index (κ1) is 11.7. The summed E-state index contributed by atoms with van der Waals surface area (Å²) in [5.74, 6) is -0.738. The molecule has 90 valence electrons. The zero-order valence-electron chi connectivity index (χ0n) is 9.57. The molecule has 0 bridgehead atoms. The zero-order chi connectivity index (χ0) is 12.1. The van der Waals surface area contributed by atoms with E-state index in [1.165, 1.54) is 10.9 Å². The van der Waals surface area contributed by atoms with E-state index in [9.17, 15) is 4.79 Å². The van der Waals surface area contributed by atoms with Crippen LogP contribution >= 0.6 is 0 Å². The van der Waals surface area contributed by atoms with Crippen LogP contribution in [0.15, 0.2) is 30.5 Å². The summed E-state index contributed by atoms with van der Waals surface area (Å²) in [7, 11) is 0. The van der Waals surface area contributed by atoms with Crippen LogP contribution in [0.2, 0.25) is 0 Å². The number of aromatic amines is 1. The Kier molecular flexibility index (Phi) is 3.77. The Hall–Kier alpha value is -1.81. The molecule has 0 radical (unpaired) electrons. The Balaban J connectivity index is 1.86. The molecule has 2 rings (SSSR count). The highest BCUT2D eigenvalue weighted by Gasteiger charge is 2.01. The minimum atomic E-state index is -0.738. The van der Waals surface area contributed by atoms with Crippen molar-refractivity contribution in [2.45, 2.75) is 19.4 Å². The number of fused-ring (bicyclic) bond motifs is 1. The minimum Gasteiger partial charge on any atom is -0.481 e. The Morgan fingerprint density at radius 2 is 2.24 bits per heavy atom. The number of rotatable bonds is 6. The van der Waals surface area contributed by atoms with Crippen LogP contribution in [-0.2, 0) is 11.3 Å². The van der Waals surface area contributed by atoms with Crippen molar-refractivity contribution in [1.82, 2.24) is 10.3 Å². The first-order valence-corrected chi connectivity index (χ1v) is 5.75. The van der Waals surface area contributed by atoms with E-state index in [1.807, 2.05) is 18.3 Å². The lowest BCUT2D eigenvalue weighted by atomic mass is 10.1. The van der Waals surface area contributed by atoms with Gasteiger partial charge in [0.25, 0.3) is 0 Å². The van der Waals surface area contributed by atoms with Gasteiger partial charge in [-0.1, -0.05) is 18.2 Å². The van der Waals surface area contributed by atoms with Crippen molar-refractivity contribution in [2.24, 2.45) is 0 Å². The maximum Gasteiger partial charge on any atom is 0.303 e. The van der Waals surface area contributed by atoms with E-state index >= 15 is 0 Å². The van der Waals surface area contributed by atoms with E-state index in [4.69, 9.17) is 5.11 Å². The molecule has 1 heterocycles. The van der Waals surface area contributed by atoms with E-state index in [0.29, 0.717) is 6.42 Å². The number of aliphatic carboxylic acids is 1. The monoisotopic (exact) mass is 232 g/mol. The van der Waals surface area contributed by atoms with Crippen molar-refractivity contribution in [1.29, 1.82) is 0 Å². The van der Waals surface area contributed by atoms with Gasteiger partial charge >= 0.3 is 5.97 Å². The number of para-hydroxylation sites is 1. The fraction of sp³-hybridized carbons (Fsp3) is 0.308. The van der Waals surface area contributed by atoms with Crippen LogP contribution in [0.3, 0.4) is 0 Å². The molecule has 4 nitrogen and oxygen atoms in total. The number of carbonyl (C=O) groups is 1. The number of nitrogens with one attached hydrogen (secondary N) is 2. The zero-order valence-corrected chi connectivity index (χ0v) is 9.57. The van der Waals surface area contributed by atoms with Gasteiger partial charge in [-0.25, -0.2) is 0 Å². The topological polar surface area (TPSA) is 65.1 Å². The highest BCUT2D eigenvalue weighted by molar-refractivity contribution is 5.82. The Labute approximate surface area is 99.7 Å². The second-order valence-electron chi connectivity index (χ2n) is 4.03. The molecule has 0 aliphatic rings. The molecule has 3 N–H and O–H groups in total. The van der Waals surface area contributed by atoms with Gasteiger partial charge in [0.1, 0.15) is 0 Å². The quantitative estimate of drug-likeness (QED) is 0.668. The summed E-state index contributed by atoms with van der Waals surface area (Å²) in [4.78, 5) is 13.6. The molecule has 0 atom stereocenters. The maximum absolute atomic E-state index is 10.3. The molecule has 0 fully saturated rings. The number of H-pyrrole nitrogens is 1. The molecule has 0 unspecified atom stereocenters. The number of carboxylic acid groups (broad SMARTS) is 1. The van der Waals surface area contributed by atoms with Gasteiger partial charge in [0.15, 0.2) is 0 Å². The van der Waals surface area contributed by atoms with E-state index in [-0.39, 0.29) is 6.42 Å². The predicted molar refractivity (Wildman–Crippen MR) is 66.9 cm³/mol. The summed E-state index contributed by atoms with van der Waals surface area (Å²) >= 11 is 0. The molecular weight excluding hydrogens is 216 g/mol. The van der Waals surface area contributed by atoms with Gasteiger partial charge in [-0.15, -0.1) is 0 Å². The number of hydrogen-bond donors (Lipinski definition) is 3. The molecule has 2 aromatic rings. The third-order valence-electron chi connectivity index (χ3n) is 2.73. The molecule has 0 saturated heterocycles. The molecule has 0 spiro atoms. The molecule has 1 aromatic heterocycles. The van der Waals surface area contributed by atoms with Crippen molar-refractivity contribution >= 4 is 16.9 Å². The smallest absolute Gasteiger partial charge is 0.303 e. The first-order chi connectivity index (χ1) is 8.27. The average molecular weight is 232 g/mol. The molecule has 0 aliphatic carbocycles. The molecule has 1 aromatic carbocycles. The van der Waals surface area contributed by atoms with Gasteiger partial charge in [-0.05, 0) is 30.0 Å². The first-order valence-electron chi connectivity index (χ1n) is 5.75. The van der Waals surface area contributed by atoms with Gasteiger partial charge < -0.3 is 15.4 Å². The van der Waals surface area contributed by atoms with Crippen molar-refractivity contribution in [3.05, 3.63) is 36.0 Å². The highest BCUT2D eigenvalue weighted by atomic mass is 16.4. The predicted octanol–water partition coefficient (Wildman–Crippen LogP) is 2.12. The van der Waals surface area contributed by atoms with Crippen molar-refractivity contribution in [3.63, 3.8) is 0 Å².